The second-order valence-corrected chi connectivity index (χ2v) is 9.20. The Hall–Kier alpha value is -3.44. The third-order valence-corrected chi connectivity index (χ3v) is 6.64. The number of hydrogen-bond acceptors (Lipinski definition) is 7. The van der Waals surface area contributed by atoms with Crippen molar-refractivity contribution in [1.82, 2.24) is 9.55 Å². The van der Waals surface area contributed by atoms with Gasteiger partial charge in [0.25, 0.3) is 15.6 Å². The van der Waals surface area contributed by atoms with E-state index in [0.717, 1.165) is 0 Å². The average Bonchev–Trinajstić information content (AvgIpc) is 2.77. The largest absolute Gasteiger partial charge is 0.495 e. The van der Waals surface area contributed by atoms with Gasteiger partial charge >= 0.3 is 0 Å². The Morgan fingerprint density at radius 2 is 2.00 bits per heavy atom. The molecule has 0 aliphatic heterocycles. The van der Waals surface area contributed by atoms with E-state index in [1.165, 1.54) is 24.0 Å². The topological polar surface area (TPSA) is 126 Å². The second kappa shape index (κ2) is 10.0. The maximum atomic E-state index is 13.1. The van der Waals surface area contributed by atoms with Crippen LogP contribution in [0.3, 0.4) is 0 Å². The number of nitrogens with zero attached hydrogens (tertiary/aromatic N) is 2. The van der Waals surface area contributed by atoms with Gasteiger partial charge < -0.3 is 9.84 Å². The molecule has 2 aromatic carbocycles. The zero-order chi connectivity index (χ0) is 24.2. The molecule has 3 N–H and O–H groups in total. The van der Waals surface area contributed by atoms with E-state index in [1.54, 1.807) is 43.3 Å². The Balaban J connectivity index is 1.99. The molecule has 0 bridgehead atoms. The van der Waals surface area contributed by atoms with Crippen LogP contribution in [0.15, 0.2) is 57.1 Å². The van der Waals surface area contributed by atoms with E-state index in [9.17, 15) is 18.3 Å². The molecule has 3 rings (SSSR count). The van der Waals surface area contributed by atoms with Crippen molar-refractivity contribution in [3.05, 3.63) is 68.7 Å². The van der Waals surface area contributed by atoms with Crippen LogP contribution < -0.4 is 15.0 Å². The van der Waals surface area contributed by atoms with Crippen molar-refractivity contribution in [2.75, 3.05) is 11.8 Å². The Morgan fingerprint density at radius 1 is 1.27 bits per heavy atom. The highest BCUT2D eigenvalue weighted by Crippen LogP contribution is 2.29. The zero-order valence-corrected chi connectivity index (χ0v) is 20.0. The monoisotopic (exact) mass is 488 g/mol. The average molecular weight is 489 g/mol. The number of ether oxygens (including phenoxy) is 1. The van der Waals surface area contributed by atoms with Gasteiger partial charge in [-0.05, 0) is 55.4 Å². The highest BCUT2D eigenvalue weighted by molar-refractivity contribution is 7.92. The molecular weight excluding hydrogens is 464 g/mol. The highest BCUT2D eigenvalue weighted by atomic mass is 32.2. The van der Waals surface area contributed by atoms with Crippen LogP contribution in [0.5, 0.6) is 11.6 Å². The van der Waals surface area contributed by atoms with Crippen LogP contribution in [-0.4, -0.2) is 36.4 Å². The van der Waals surface area contributed by atoms with Crippen LogP contribution >= 0.6 is 12.2 Å². The summed E-state index contributed by atoms with van der Waals surface area (Å²) in [4.78, 5) is 19.0. The number of methoxy groups -OCH3 is 1. The van der Waals surface area contributed by atoms with Gasteiger partial charge in [0.1, 0.15) is 11.3 Å². The van der Waals surface area contributed by atoms with Gasteiger partial charge in [-0.15, -0.1) is 0 Å². The summed E-state index contributed by atoms with van der Waals surface area (Å²) in [6.07, 6.45) is 1.88. The number of aromatic hydroxyl groups is 1. The lowest BCUT2D eigenvalue weighted by atomic mass is 10.2. The van der Waals surface area contributed by atoms with E-state index in [2.05, 4.69) is 14.7 Å². The summed E-state index contributed by atoms with van der Waals surface area (Å²) in [6.45, 7) is 3.99. The van der Waals surface area contributed by atoms with Crippen molar-refractivity contribution in [3.63, 3.8) is 0 Å². The maximum Gasteiger partial charge on any atom is 0.264 e. The van der Waals surface area contributed by atoms with Gasteiger partial charge in [0.05, 0.1) is 23.4 Å². The molecule has 3 aromatic rings. The SMILES string of the molecule is CCCn1c(O)c(C=Nc2ccc(C)c(S(=O)(=O)Nc3ccccc3OC)c2)c(=O)[nH]c1=S. The van der Waals surface area contributed by atoms with Gasteiger partial charge in [-0.3, -0.25) is 24.1 Å². The number of H-pyrrole nitrogens is 1. The molecule has 1 heterocycles. The molecule has 0 amide bonds. The lowest BCUT2D eigenvalue weighted by Gasteiger charge is -2.13. The zero-order valence-electron chi connectivity index (χ0n) is 18.3. The summed E-state index contributed by atoms with van der Waals surface area (Å²) in [5.41, 5.74) is 0.424. The first-order chi connectivity index (χ1) is 15.7. The van der Waals surface area contributed by atoms with Crippen LogP contribution in [0.2, 0.25) is 0 Å². The molecule has 0 unspecified atom stereocenters. The number of aromatic amines is 1. The van der Waals surface area contributed by atoms with Gasteiger partial charge in [-0.1, -0.05) is 25.1 Å². The number of sulfonamides is 1. The molecule has 1 aromatic heterocycles. The molecule has 0 aliphatic rings. The van der Waals surface area contributed by atoms with E-state index >= 15 is 0 Å². The normalized spacial score (nSPS) is 11.6. The van der Waals surface area contributed by atoms with E-state index in [0.29, 0.717) is 30.0 Å². The van der Waals surface area contributed by atoms with Gasteiger partial charge in [-0.2, -0.15) is 0 Å². The van der Waals surface area contributed by atoms with Gasteiger partial charge in [-0.25, -0.2) is 8.42 Å². The Bertz CT molecular complexity index is 1430. The minimum absolute atomic E-state index is 0.0168. The predicted molar refractivity (Wildman–Crippen MR) is 130 cm³/mol. The minimum Gasteiger partial charge on any atom is -0.495 e. The van der Waals surface area contributed by atoms with Crippen LogP contribution in [0.25, 0.3) is 0 Å². The Kier molecular flexibility index (Phi) is 7.34. The molecule has 0 atom stereocenters. The van der Waals surface area contributed by atoms with Crippen LogP contribution in [0.4, 0.5) is 11.4 Å². The van der Waals surface area contributed by atoms with Crippen molar-refractivity contribution in [3.8, 4) is 11.6 Å². The van der Waals surface area contributed by atoms with E-state index < -0.39 is 15.6 Å². The van der Waals surface area contributed by atoms with Crippen molar-refractivity contribution in [2.45, 2.75) is 31.7 Å². The summed E-state index contributed by atoms with van der Waals surface area (Å²) in [6, 6.07) is 11.3. The number of aliphatic imine (C=N–C) groups is 1. The number of aromatic nitrogens is 2. The van der Waals surface area contributed by atoms with Crippen molar-refractivity contribution in [1.29, 1.82) is 0 Å². The fraction of sp³-hybridized carbons (Fsp3) is 0.227. The fourth-order valence-corrected chi connectivity index (χ4v) is 4.76. The molecule has 0 fully saturated rings. The van der Waals surface area contributed by atoms with Crippen LogP contribution in [0.1, 0.15) is 24.5 Å². The number of nitrogens with one attached hydrogen (secondary N) is 2. The van der Waals surface area contributed by atoms with Crippen LogP contribution in [0, 0.1) is 11.7 Å². The summed E-state index contributed by atoms with van der Waals surface area (Å²) in [7, 11) is -2.51. The Morgan fingerprint density at radius 3 is 2.70 bits per heavy atom. The van der Waals surface area contributed by atoms with E-state index in [4.69, 9.17) is 17.0 Å². The molecule has 174 valence electrons. The van der Waals surface area contributed by atoms with E-state index in [1.807, 2.05) is 6.92 Å². The molecule has 0 radical (unpaired) electrons. The molecule has 0 aliphatic carbocycles. The molecule has 0 saturated heterocycles. The minimum atomic E-state index is -3.96. The second-order valence-electron chi connectivity index (χ2n) is 7.16. The lowest BCUT2D eigenvalue weighted by molar-refractivity contribution is 0.402. The summed E-state index contributed by atoms with van der Waals surface area (Å²) >= 11 is 5.09. The third-order valence-electron chi connectivity index (χ3n) is 4.81. The number of rotatable bonds is 8. The molecule has 33 heavy (non-hydrogen) atoms. The quantitative estimate of drug-likeness (QED) is 0.326. The number of benzene rings is 2. The Labute approximate surface area is 196 Å². The van der Waals surface area contributed by atoms with Crippen LogP contribution in [-0.2, 0) is 16.6 Å². The first-order valence-electron chi connectivity index (χ1n) is 10.0. The summed E-state index contributed by atoms with van der Waals surface area (Å²) in [5, 5.41) is 10.5. The number of para-hydroxylation sites is 2. The van der Waals surface area contributed by atoms with Gasteiger partial charge in [0.2, 0.25) is 5.88 Å². The molecule has 11 heteroatoms. The first-order valence-corrected chi connectivity index (χ1v) is 11.9. The molecule has 0 spiro atoms. The van der Waals surface area contributed by atoms with Crippen molar-refractivity contribution >= 4 is 39.8 Å². The lowest BCUT2D eigenvalue weighted by Crippen LogP contribution is -2.18. The smallest absolute Gasteiger partial charge is 0.264 e. The predicted octanol–water partition coefficient (Wildman–Crippen LogP) is 3.89. The fourth-order valence-electron chi connectivity index (χ4n) is 3.15. The summed E-state index contributed by atoms with van der Waals surface area (Å²) in [5.74, 6) is 0.0836. The standard InChI is InChI=1S/C22H24N4O5S2/c1-4-11-26-21(28)16(20(27)24-22(26)32)13-23-15-10-9-14(2)19(12-15)33(29,30)25-17-7-5-6-8-18(17)31-3/h5-10,12-13,25,28H,4,11H2,1-3H3,(H,24,27,32). The third kappa shape index (κ3) is 5.32. The number of aryl methyl sites for hydroxylation is 1. The van der Waals surface area contributed by atoms with E-state index in [-0.39, 0.29) is 26.8 Å². The van der Waals surface area contributed by atoms with Crippen molar-refractivity contribution in [2.24, 2.45) is 4.99 Å². The maximum absolute atomic E-state index is 13.1. The number of anilines is 1. The molecule has 9 nitrogen and oxygen atoms in total. The highest BCUT2D eigenvalue weighted by Gasteiger charge is 2.19. The number of hydrogen-bond donors (Lipinski definition) is 3. The molecular formula is C22H24N4O5S2. The van der Waals surface area contributed by atoms with Gasteiger partial charge in [0, 0.05) is 12.8 Å². The summed E-state index contributed by atoms with van der Waals surface area (Å²) < 4.78 is 35.4. The van der Waals surface area contributed by atoms with Gasteiger partial charge in [0.15, 0.2) is 4.77 Å². The first kappa shape index (κ1) is 24.2. The van der Waals surface area contributed by atoms with Crippen molar-refractivity contribution < 1.29 is 18.3 Å². The molecule has 0 saturated carbocycles.